The third kappa shape index (κ3) is 5.45. The highest BCUT2D eigenvalue weighted by Gasteiger charge is 2.26. The van der Waals surface area contributed by atoms with E-state index in [0.29, 0.717) is 35.3 Å². The molecule has 4 aromatic rings. The number of hydrogen-bond donors (Lipinski definition) is 0. The molecule has 0 N–H and O–H groups in total. The van der Waals surface area contributed by atoms with Crippen LogP contribution < -0.4 is 9.64 Å². The smallest absolute Gasteiger partial charge is 0.260 e. The SMILES string of the molecule is CCCCN(CC)S(=O)(=O)c1ccc(C(=O)N(Cc2ccco2)c2nc3ccc(OC)cc3s2)cc1. The molecule has 0 aliphatic carbocycles. The van der Waals surface area contributed by atoms with Gasteiger partial charge in [-0.25, -0.2) is 13.4 Å². The summed E-state index contributed by atoms with van der Waals surface area (Å²) in [5.74, 6) is 1.01. The molecule has 0 unspecified atom stereocenters. The lowest BCUT2D eigenvalue weighted by Gasteiger charge is -2.21. The zero-order chi connectivity index (χ0) is 25.7. The molecular weight excluding hydrogens is 498 g/mol. The number of fused-ring (bicyclic) bond motifs is 1. The summed E-state index contributed by atoms with van der Waals surface area (Å²) in [4.78, 5) is 20.0. The third-order valence-corrected chi connectivity index (χ3v) is 8.84. The Bertz CT molecular complexity index is 1410. The average molecular weight is 528 g/mol. The van der Waals surface area contributed by atoms with Gasteiger partial charge in [-0.3, -0.25) is 9.69 Å². The van der Waals surface area contributed by atoms with Gasteiger partial charge in [-0.05, 0) is 61.0 Å². The molecule has 0 fully saturated rings. The molecule has 0 aliphatic rings. The number of carbonyl (C=O) groups is 1. The molecule has 0 aliphatic heterocycles. The number of aromatic nitrogens is 1. The van der Waals surface area contributed by atoms with E-state index in [1.807, 2.05) is 32.0 Å². The van der Waals surface area contributed by atoms with E-state index in [1.165, 1.54) is 27.8 Å². The number of rotatable bonds is 11. The van der Waals surface area contributed by atoms with E-state index in [-0.39, 0.29) is 17.3 Å². The first-order valence-electron chi connectivity index (χ1n) is 11.8. The Morgan fingerprint density at radius 3 is 2.53 bits per heavy atom. The van der Waals surface area contributed by atoms with Crippen LogP contribution in [0, 0.1) is 0 Å². The van der Waals surface area contributed by atoms with Gasteiger partial charge in [0.1, 0.15) is 11.5 Å². The number of carbonyl (C=O) groups excluding carboxylic acids is 1. The molecule has 0 atom stereocenters. The molecule has 2 heterocycles. The molecule has 190 valence electrons. The summed E-state index contributed by atoms with van der Waals surface area (Å²) in [6.07, 6.45) is 3.25. The number of benzene rings is 2. The van der Waals surface area contributed by atoms with Crippen molar-refractivity contribution in [2.24, 2.45) is 0 Å². The summed E-state index contributed by atoms with van der Waals surface area (Å²) in [5, 5.41) is 0.507. The van der Waals surface area contributed by atoms with E-state index in [0.717, 1.165) is 23.1 Å². The molecular formula is C26H29N3O5S2. The molecule has 0 spiro atoms. The number of amides is 1. The molecule has 0 saturated carbocycles. The van der Waals surface area contributed by atoms with Gasteiger partial charge in [-0.2, -0.15) is 4.31 Å². The molecule has 2 aromatic heterocycles. The predicted molar refractivity (Wildman–Crippen MR) is 141 cm³/mol. The second-order valence-corrected chi connectivity index (χ2v) is 11.1. The van der Waals surface area contributed by atoms with Crippen LogP contribution in [0.3, 0.4) is 0 Å². The number of furan rings is 1. The standard InChI is InChI=1S/C26H29N3O5S2/c1-4-6-15-28(5-2)36(31,32)22-12-9-19(10-13-22)25(30)29(18-21-8-7-16-34-21)26-27-23-14-11-20(33-3)17-24(23)35-26/h7-14,16-17H,4-6,15,18H2,1-3H3. The minimum absolute atomic E-state index is 0.168. The van der Waals surface area contributed by atoms with Gasteiger partial charge in [0, 0.05) is 18.7 Å². The Kier molecular flexibility index (Phi) is 8.07. The highest BCUT2D eigenvalue weighted by atomic mass is 32.2. The minimum Gasteiger partial charge on any atom is -0.497 e. The summed E-state index contributed by atoms with van der Waals surface area (Å²) >= 11 is 1.37. The lowest BCUT2D eigenvalue weighted by molar-refractivity contribution is 0.0983. The van der Waals surface area contributed by atoms with Gasteiger partial charge in [0.15, 0.2) is 5.13 Å². The zero-order valence-electron chi connectivity index (χ0n) is 20.5. The van der Waals surface area contributed by atoms with Crippen LogP contribution in [-0.4, -0.2) is 43.8 Å². The first kappa shape index (κ1) is 25.9. The Morgan fingerprint density at radius 2 is 1.89 bits per heavy atom. The third-order valence-electron chi connectivity index (χ3n) is 5.81. The van der Waals surface area contributed by atoms with Gasteiger partial charge in [0.2, 0.25) is 10.0 Å². The first-order chi connectivity index (χ1) is 17.4. The maximum absolute atomic E-state index is 13.6. The summed E-state index contributed by atoms with van der Waals surface area (Å²) in [6.45, 7) is 4.89. The van der Waals surface area contributed by atoms with E-state index in [1.54, 1.807) is 42.5 Å². The van der Waals surface area contributed by atoms with Crippen LogP contribution in [0.15, 0.2) is 70.2 Å². The monoisotopic (exact) mass is 527 g/mol. The largest absolute Gasteiger partial charge is 0.497 e. The van der Waals surface area contributed by atoms with Crippen molar-refractivity contribution in [2.45, 2.75) is 38.1 Å². The second kappa shape index (κ2) is 11.2. The van der Waals surface area contributed by atoms with Crippen molar-refractivity contribution in [3.8, 4) is 5.75 Å². The summed E-state index contributed by atoms with van der Waals surface area (Å²) in [7, 11) is -2.03. The number of ether oxygens (including phenoxy) is 1. The van der Waals surface area contributed by atoms with E-state index < -0.39 is 10.0 Å². The van der Waals surface area contributed by atoms with E-state index in [9.17, 15) is 13.2 Å². The molecule has 0 bridgehead atoms. The lowest BCUT2D eigenvalue weighted by atomic mass is 10.2. The molecule has 0 radical (unpaired) electrons. The van der Waals surface area contributed by atoms with Gasteiger partial charge in [0.25, 0.3) is 5.91 Å². The normalized spacial score (nSPS) is 11.8. The van der Waals surface area contributed by atoms with Crippen LogP contribution in [0.5, 0.6) is 5.75 Å². The van der Waals surface area contributed by atoms with Gasteiger partial charge < -0.3 is 9.15 Å². The van der Waals surface area contributed by atoms with Crippen LogP contribution in [0.4, 0.5) is 5.13 Å². The fourth-order valence-electron chi connectivity index (χ4n) is 3.78. The summed E-state index contributed by atoms with van der Waals surface area (Å²) in [6, 6.07) is 15.2. The molecule has 10 heteroatoms. The van der Waals surface area contributed by atoms with Crippen molar-refractivity contribution >= 4 is 42.6 Å². The van der Waals surface area contributed by atoms with E-state index in [4.69, 9.17) is 9.15 Å². The maximum atomic E-state index is 13.6. The highest BCUT2D eigenvalue weighted by Crippen LogP contribution is 2.33. The van der Waals surface area contributed by atoms with Gasteiger partial charge >= 0.3 is 0 Å². The van der Waals surface area contributed by atoms with Crippen molar-refractivity contribution in [1.82, 2.24) is 9.29 Å². The van der Waals surface area contributed by atoms with E-state index >= 15 is 0 Å². The van der Waals surface area contributed by atoms with Crippen molar-refractivity contribution in [3.63, 3.8) is 0 Å². The fraction of sp³-hybridized carbons (Fsp3) is 0.308. The summed E-state index contributed by atoms with van der Waals surface area (Å²) in [5.41, 5.74) is 1.11. The number of nitrogens with zero attached hydrogens (tertiary/aromatic N) is 3. The number of anilines is 1. The summed E-state index contributed by atoms with van der Waals surface area (Å²) < 4.78 is 39.3. The van der Waals surface area contributed by atoms with Crippen LogP contribution >= 0.6 is 11.3 Å². The Balaban J connectivity index is 1.65. The molecule has 36 heavy (non-hydrogen) atoms. The highest BCUT2D eigenvalue weighted by molar-refractivity contribution is 7.89. The second-order valence-electron chi connectivity index (χ2n) is 8.18. The predicted octanol–water partition coefficient (Wildman–Crippen LogP) is 5.56. The molecule has 2 aromatic carbocycles. The van der Waals surface area contributed by atoms with Crippen molar-refractivity contribution in [3.05, 3.63) is 72.2 Å². The molecule has 1 amide bonds. The van der Waals surface area contributed by atoms with Crippen LogP contribution in [0.2, 0.25) is 0 Å². The number of methoxy groups -OCH3 is 1. The number of sulfonamides is 1. The first-order valence-corrected chi connectivity index (χ1v) is 14.0. The van der Waals surface area contributed by atoms with Crippen molar-refractivity contribution in [2.75, 3.05) is 25.1 Å². The van der Waals surface area contributed by atoms with Crippen molar-refractivity contribution in [1.29, 1.82) is 0 Å². The van der Waals surface area contributed by atoms with E-state index in [2.05, 4.69) is 4.98 Å². The van der Waals surface area contributed by atoms with Gasteiger partial charge in [0.05, 0.1) is 35.0 Å². The van der Waals surface area contributed by atoms with Gasteiger partial charge in [-0.15, -0.1) is 0 Å². The molecule has 0 saturated heterocycles. The molecule has 4 rings (SSSR count). The Morgan fingerprint density at radius 1 is 1.11 bits per heavy atom. The van der Waals surface area contributed by atoms with Crippen molar-refractivity contribution < 1.29 is 22.4 Å². The van der Waals surface area contributed by atoms with Crippen LogP contribution in [0.25, 0.3) is 10.2 Å². The zero-order valence-corrected chi connectivity index (χ0v) is 22.1. The number of thiazole rings is 1. The van der Waals surface area contributed by atoms with Crippen LogP contribution in [0.1, 0.15) is 42.8 Å². The average Bonchev–Trinajstić information content (AvgIpc) is 3.56. The quantitative estimate of drug-likeness (QED) is 0.254. The topological polar surface area (TPSA) is 93.0 Å². The minimum atomic E-state index is -3.63. The maximum Gasteiger partial charge on any atom is 0.260 e. The van der Waals surface area contributed by atoms with Gasteiger partial charge in [-0.1, -0.05) is 31.6 Å². The lowest BCUT2D eigenvalue weighted by Crippen LogP contribution is -2.32. The fourth-order valence-corrected chi connectivity index (χ4v) is 6.26. The molecule has 8 nitrogen and oxygen atoms in total. The number of hydrogen-bond acceptors (Lipinski definition) is 7. The Labute approximate surface area is 215 Å². The van der Waals surface area contributed by atoms with Crippen LogP contribution in [-0.2, 0) is 16.6 Å². The number of unbranched alkanes of at least 4 members (excludes halogenated alkanes) is 1. The Hall–Kier alpha value is -3.21.